The molecule has 0 saturated carbocycles. The smallest absolute Gasteiger partial charge is 0.294 e. The first-order chi connectivity index (χ1) is 5.68. The van der Waals surface area contributed by atoms with Crippen LogP contribution in [0, 0.1) is 5.41 Å². The maximum absolute atomic E-state index is 7.05. The molecule has 0 spiro atoms. The summed E-state index contributed by atoms with van der Waals surface area (Å²) >= 11 is 0. The molecular formula is C3H5N9. The monoisotopic (exact) mass is 167 g/mol. The Morgan fingerprint density at radius 3 is 2.33 bits per heavy atom. The Kier molecular flexibility index (Phi) is 2.16. The molecule has 9 nitrogen and oxygen atoms in total. The number of aliphatic imine (C=N–C) groups is 2. The SMILES string of the molecule is N=C(N=C(N)N)N=C1N=NN=N1. The van der Waals surface area contributed by atoms with Gasteiger partial charge >= 0.3 is 0 Å². The minimum Gasteiger partial charge on any atom is -0.370 e. The van der Waals surface area contributed by atoms with Crippen molar-refractivity contribution in [2.45, 2.75) is 0 Å². The van der Waals surface area contributed by atoms with Crippen molar-refractivity contribution < 1.29 is 0 Å². The second-order valence-electron chi connectivity index (χ2n) is 1.65. The summed E-state index contributed by atoms with van der Waals surface area (Å²) in [5.41, 5.74) is 9.95. The molecule has 12 heavy (non-hydrogen) atoms. The van der Waals surface area contributed by atoms with E-state index in [0.29, 0.717) is 0 Å². The fourth-order valence-corrected chi connectivity index (χ4v) is 0.427. The highest BCUT2D eigenvalue weighted by Crippen LogP contribution is 1.97. The molecule has 1 aliphatic rings. The highest BCUT2D eigenvalue weighted by molar-refractivity contribution is 5.99. The first-order valence-corrected chi connectivity index (χ1v) is 2.77. The highest BCUT2D eigenvalue weighted by Gasteiger charge is 2.01. The van der Waals surface area contributed by atoms with Crippen molar-refractivity contribution in [1.82, 2.24) is 0 Å². The van der Waals surface area contributed by atoms with E-state index in [1.54, 1.807) is 0 Å². The summed E-state index contributed by atoms with van der Waals surface area (Å²) in [6, 6.07) is 0. The van der Waals surface area contributed by atoms with Gasteiger partial charge in [0.25, 0.3) is 5.96 Å². The summed E-state index contributed by atoms with van der Waals surface area (Å²) in [4.78, 5) is 6.75. The molecule has 0 fully saturated rings. The zero-order chi connectivity index (χ0) is 8.97. The molecule has 0 aliphatic carbocycles. The van der Waals surface area contributed by atoms with Gasteiger partial charge in [0.05, 0.1) is 0 Å². The predicted molar refractivity (Wildman–Crippen MR) is 40.7 cm³/mol. The van der Waals surface area contributed by atoms with E-state index in [9.17, 15) is 0 Å². The van der Waals surface area contributed by atoms with Crippen molar-refractivity contribution >= 4 is 17.9 Å². The molecule has 1 rings (SSSR count). The number of hydrogen-bond acceptors (Lipinski definition) is 3. The van der Waals surface area contributed by atoms with Crippen LogP contribution in [0.5, 0.6) is 0 Å². The van der Waals surface area contributed by atoms with Gasteiger partial charge in [0.2, 0.25) is 5.96 Å². The summed E-state index contributed by atoms with van der Waals surface area (Å²) in [5, 5.41) is 20.0. The van der Waals surface area contributed by atoms with Crippen LogP contribution in [0.25, 0.3) is 0 Å². The lowest BCUT2D eigenvalue weighted by atomic mass is 10.9. The third-order valence-electron chi connectivity index (χ3n) is 0.749. The molecule has 0 unspecified atom stereocenters. The van der Waals surface area contributed by atoms with Crippen LogP contribution in [0.2, 0.25) is 0 Å². The average Bonchev–Trinajstić information content (AvgIpc) is 2.37. The Balaban J connectivity index is 2.68. The summed E-state index contributed by atoms with van der Waals surface area (Å²) in [7, 11) is 0. The number of hydrogen-bond donors (Lipinski definition) is 3. The summed E-state index contributed by atoms with van der Waals surface area (Å²) in [5.74, 6) is -0.703. The Labute approximate surface area is 66.5 Å². The number of nitrogens with one attached hydrogen (secondary N) is 1. The second kappa shape index (κ2) is 3.27. The number of guanidine groups is 3. The first kappa shape index (κ1) is 7.91. The number of nitrogens with two attached hydrogens (primary N) is 2. The lowest BCUT2D eigenvalue weighted by Gasteiger charge is -1.88. The van der Waals surface area contributed by atoms with Crippen LogP contribution in [0.15, 0.2) is 30.7 Å². The van der Waals surface area contributed by atoms with Crippen molar-refractivity contribution in [2.75, 3.05) is 0 Å². The van der Waals surface area contributed by atoms with Gasteiger partial charge in [-0.2, -0.15) is 9.98 Å². The van der Waals surface area contributed by atoms with Gasteiger partial charge in [-0.1, -0.05) is 10.2 Å². The van der Waals surface area contributed by atoms with Crippen LogP contribution in [0.1, 0.15) is 0 Å². The lowest BCUT2D eigenvalue weighted by molar-refractivity contribution is 1.06. The van der Waals surface area contributed by atoms with Crippen LogP contribution in [-0.2, 0) is 0 Å². The fraction of sp³-hybridized carbons (Fsp3) is 0. The molecule has 0 atom stereocenters. The molecule has 0 aromatic heterocycles. The van der Waals surface area contributed by atoms with Crippen molar-refractivity contribution in [3.05, 3.63) is 0 Å². The van der Waals surface area contributed by atoms with Gasteiger partial charge in [-0.15, -0.1) is 0 Å². The minimum absolute atomic E-state index is 0.0509. The van der Waals surface area contributed by atoms with E-state index in [1.165, 1.54) is 0 Å². The third kappa shape index (κ3) is 2.21. The molecule has 5 N–H and O–H groups in total. The molecular weight excluding hydrogens is 162 g/mol. The maximum Gasteiger partial charge on any atom is 0.294 e. The maximum atomic E-state index is 7.05. The summed E-state index contributed by atoms with van der Waals surface area (Å²) < 4.78 is 0. The van der Waals surface area contributed by atoms with Crippen molar-refractivity contribution in [3.63, 3.8) is 0 Å². The zero-order valence-electron chi connectivity index (χ0n) is 5.84. The topological polar surface area (TPSA) is 150 Å². The second-order valence-corrected chi connectivity index (χ2v) is 1.65. The number of nitrogens with zero attached hydrogens (tertiary/aromatic N) is 6. The molecule has 62 valence electrons. The third-order valence-corrected chi connectivity index (χ3v) is 0.749. The molecule has 1 aliphatic heterocycles. The first-order valence-electron chi connectivity index (χ1n) is 2.77. The predicted octanol–water partition coefficient (Wildman–Crippen LogP) is -0.616. The normalized spacial score (nSPS) is 13.2. The van der Waals surface area contributed by atoms with E-state index in [4.69, 9.17) is 16.9 Å². The molecule has 0 aromatic carbocycles. The van der Waals surface area contributed by atoms with E-state index >= 15 is 0 Å². The Bertz CT molecular complexity index is 288. The van der Waals surface area contributed by atoms with E-state index in [0.717, 1.165) is 0 Å². The van der Waals surface area contributed by atoms with E-state index < -0.39 is 5.96 Å². The van der Waals surface area contributed by atoms with Gasteiger partial charge in [0.1, 0.15) is 0 Å². The fourth-order valence-electron chi connectivity index (χ4n) is 0.427. The van der Waals surface area contributed by atoms with E-state index in [2.05, 4.69) is 30.7 Å². The van der Waals surface area contributed by atoms with Gasteiger partial charge in [-0.3, -0.25) is 5.41 Å². The van der Waals surface area contributed by atoms with Gasteiger partial charge in [0, 0.05) is 0 Å². The average molecular weight is 167 g/mol. The minimum atomic E-state index is -0.398. The summed E-state index contributed by atoms with van der Waals surface area (Å²) in [6.45, 7) is 0. The van der Waals surface area contributed by atoms with E-state index in [-0.39, 0.29) is 11.9 Å². The van der Waals surface area contributed by atoms with Crippen molar-refractivity contribution in [2.24, 2.45) is 42.1 Å². The van der Waals surface area contributed by atoms with Crippen molar-refractivity contribution in [3.8, 4) is 0 Å². The van der Waals surface area contributed by atoms with Crippen LogP contribution >= 0.6 is 0 Å². The molecule has 0 saturated heterocycles. The van der Waals surface area contributed by atoms with Gasteiger partial charge in [-0.25, -0.2) is 0 Å². The van der Waals surface area contributed by atoms with Crippen LogP contribution in [-0.4, -0.2) is 17.9 Å². The molecule has 0 aromatic rings. The van der Waals surface area contributed by atoms with Gasteiger partial charge in [0.15, 0.2) is 5.96 Å². The quantitative estimate of drug-likeness (QED) is 0.325. The molecule has 0 amide bonds. The molecule has 0 radical (unpaired) electrons. The zero-order valence-corrected chi connectivity index (χ0v) is 5.84. The molecule has 1 heterocycles. The molecule has 0 bridgehead atoms. The van der Waals surface area contributed by atoms with Crippen LogP contribution < -0.4 is 11.5 Å². The van der Waals surface area contributed by atoms with Crippen LogP contribution in [0.3, 0.4) is 0 Å². The number of rotatable bonds is 0. The van der Waals surface area contributed by atoms with Crippen molar-refractivity contribution in [1.29, 1.82) is 5.41 Å². The highest BCUT2D eigenvalue weighted by atomic mass is 15.6. The van der Waals surface area contributed by atoms with Gasteiger partial charge < -0.3 is 11.5 Å². The summed E-state index contributed by atoms with van der Waals surface area (Å²) in [6.07, 6.45) is 0. The molecule has 9 heteroatoms. The van der Waals surface area contributed by atoms with E-state index in [1.807, 2.05) is 0 Å². The Hall–Kier alpha value is -2.19. The lowest BCUT2D eigenvalue weighted by Crippen LogP contribution is -2.23. The Morgan fingerprint density at radius 1 is 1.25 bits per heavy atom. The standard InChI is InChI=1S/C3H5N9/c4-1(5)7-2(6)8-3-9-11-12-10-3/h(H5,4,5,6,7). The van der Waals surface area contributed by atoms with Crippen LogP contribution in [0.4, 0.5) is 0 Å². The van der Waals surface area contributed by atoms with Gasteiger partial charge in [-0.05, 0) is 10.4 Å². The largest absolute Gasteiger partial charge is 0.370 e. The Morgan fingerprint density at radius 2 is 1.83 bits per heavy atom.